The molecule has 0 spiro atoms. The number of nitrogen functional groups attached to an aromatic ring is 1. The van der Waals surface area contributed by atoms with E-state index in [0.29, 0.717) is 23.6 Å². The Bertz CT molecular complexity index is 598. The number of hydrogen-bond donors (Lipinski definition) is 3. The number of nitrogens with two attached hydrogens (primary N) is 2. The number of nitrogens with one attached hydrogen (secondary N) is 1. The second-order valence-electron chi connectivity index (χ2n) is 4.72. The predicted octanol–water partition coefficient (Wildman–Crippen LogP) is 1.98. The maximum absolute atomic E-state index is 11.4. The largest absolute Gasteiger partial charge is 0.397 e. The average molecular weight is 270 g/mol. The highest BCUT2D eigenvalue weighted by Crippen LogP contribution is 2.18. The Kier molecular flexibility index (Phi) is 4.20. The van der Waals surface area contributed by atoms with Gasteiger partial charge in [-0.3, -0.25) is 4.79 Å². The first-order valence-corrected chi connectivity index (χ1v) is 6.42. The van der Waals surface area contributed by atoms with E-state index in [1.54, 1.807) is 0 Å². The second-order valence-corrected chi connectivity index (χ2v) is 4.72. The molecule has 0 saturated carbocycles. The molecule has 1 aromatic heterocycles. The van der Waals surface area contributed by atoms with Crippen LogP contribution >= 0.6 is 0 Å². The summed E-state index contributed by atoms with van der Waals surface area (Å²) in [4.78, 5) is 15.5. The lowest BCUT2D eigenvalue weighted by atomic mass is 10.0. The third-order valence-electron chi connectivity index (χ3n) is 3.12. The van der Waals surface area contributed by atoms with Gasteiger partial charge in [-0.05, 0) is 17.5 Å². The molecule has 2 aromatic rings. The summed E-state index contributed by atoms with van der Waals surface area (Å²) in [6, 6.07) is 11.7. The van der Waals surface area contributed by atoms with Crippen molar-refractivity contribution in [1.82, 2.24) is 4.98 Å². The van der Waals surface area contributed by atoms with Crippen LogP contribution in [0.2, 0.25) is 0 Å². The van der Waals surface area contributed by atoms with Crippen molar-refractivity contribution in [3.8, 4) is 0 Å². The number of hydrogen-bond acceptors (Lipinski definition) is 4. The fourth-order valence-electron chi connectivity index (χ4n) is 1.96. The first kappa shape index (κ1) is 13.9. The summed E-state index contributed by atoms with van der Waals surface area (Å²) in [5.74, 6) is 0.213. The third kappa shape index (κ3) is 3.26. The molecule has 0 saturated heterocycles. The Balaban J connectivity index is 2.09. The number of carbonyl (C=O) groups excluding carboxylic acids is 1. The molecule has 5 nitrogen and oxygen atoms in total. The number of anilines is 2. The van der Waals surface area contributed by atoms with E-state index in [2.05, 4.69) is 29.4 Å². The molecule has 104 valence electrons. The Labute approximate surface area is 118 Å². The summed E-state index contributed by atoms with van der Waals surface area (Å²) in [5, 5.41) is 3.15. The molecule has 0 aliphatic carbocycles. The normalized spacial score (nSPS) is 11.8. The molecule has 0 aliphatic heterocycles. The average Bonchev–Trinajstić information content (AvgIpc) is 2.46. The van der Waals surface area contributed by atoms with Crippen molar-refractivity contribution < 1.29 is 4.79 Å². The third-order valence-corrected chi connectivity index (χ3v) is 3.12. The number of carbonyl (C=O) groups is 1. The molecular weight excluding hydrogens is 252 g/mol. The SMILES string of the molecule is CC(CNc1ncc(N)cc1C(N)=O)c1ccccc1. The Morgan fingerprint density at radius 3 is 2.70 bits per heavy atom. The fourth-order valence-corrected chi connectivity index (χ4v) is 1.96. The molecule has 20 heavy (non-hydrogen) atoms. The van der Waals surface area contributed by atoms with Gasteiger partial charge in [-0.1, -0.05) is 37.3 Å². The van der Waals surface area contributed by atoms with Crippen LogP contribution in [-0.4, -0.2) is 17.4 Å². The van der Waals surface area contributed by atoms with Gasteiger partial charge in [0.1, 0.15) is 5.82 Å². The van der Waals surface area contributed by atoms with Crippen LogP contribution in [0.5, 0.6) is 0 Å². The molecular formula is C15H18N4O. The van der Waals surface area contributed by atoms with Crippen molar-refractivity contribution >= 4 is 17.4 Å². The lowest BCUT2D eigenvalue weighted by Gasteiger charge is -2.15. The van der Waals surface area contributed by atoms with Crippen LogP contribution in [0.25, 0.3) is 0 Å². The van der Waals surface area contributed by atoms with Gasteiger partial charge in [-0.2, -0.15) is 0 Å². The number of pyridine rings is 1. The number of benzene rings is 1. The maximum atomic E-state index is 11.4. The van der Waals surface area contributed by atoms with Crippen molar-refractivity contribution in [3.05, 3.63) is 53.7 Å². The van der Waals surface area contributed by atoms with Crippen LogP contribution < -0.4 is 16.8 Å². The maximum Gasteiger partial charge on any atom is 0.252 e. The lowest BCUT2D eigenvalue weighted by Crippen LogP contribution is -2.18. The summed E-state index contributed by atoms with van der Waals surface area (Å²) in [5.41, 5.74) is 12.9. The van der Waals surface area contributed by atoms with E-state index in [4.69, 9.17) is 11.5 Å². The zero-order valence-electron chi connectivity index (χ0n) is 11.3. The van der Waals surface area contributed by atoms with Gasteiger partial charge in [0.2, 0.25) is 0 Å². The van der Waals surface area contributed by atoms with E-state index in [9.17, 15) is 4.79 Å². The number of amides is 1. The van der Waals surface area contributed by atoms with Crippen molar-refractivity contribution in [2.75, 3.05) is 17.6 Å². The monoisotopic (exact) mass is 270 g/mol. The molecule has 0 radical (unpaired) electrons. The minimum atomic E-state index is -0.542. The van der Waals surface area contributed by atoms with Crippen LogP contribution in [0.1, 0.15) is 28.8 Å². The quantitative estimate of drug-likeness (QED) is 0.774. The predicted molar refractivity (Wildman–Crippen MR) is 80.5 cm³/mol. The van der Waals surface area contributed by atoms with Gasteiger partial charge < -0.3 is 16.8 Å². The van der Waals surface area contributed by atoms with E-state index < -0.39 is 5.91 Å². The summed E-state index contributed by atoms with van der Waals surface area (Å²) >= 11 is 0. The number of nitrogens with zero attached hydrogens (tertiary/aromatic N) is 1. The summed E-state index contributed by atoms with van der Waals surface area (Å²) < 4.78 is 0. The number of rotatable bonds is 5. The Hall–Kier alpha value is -2.56. The van der Waals surface area contributed by atoms with Gasteiger partial charge in [-0.15, -0.1) is 0 Å². The highest BCUT2D eigenvalue weighted by atomic mass is 16.1. The van der Waals surface area contributed by atoms with Crippen LogP contribution in [0.3, 0.4) is 0 Å². The van der Waals surface area contributed by atoms with Crippen molar-refractivity contribution in [1.29, 1.82) is 0 Å². The molecule has 5 heteroatoms. The zero-order chi connectivity index (χ0) is 14.5. The number of primary amides is 1. The molecule has 1 atom stereocenters. The molecule has 0 fully saturated rings. The Morgan fingerprint density at radius 1 is 1.35 bits per heavy atom. The van der Waals surface area contributed by atoms with E-state index in [0.717, 1.165) is 0 Å². The van der Waals surface area contributed by atoms with E-state index >= 15 is 0 Å². The van der Waals surface area contributed by atoms with E-state index in [1.807, 2.05) is 18.2 Å². The van der Waals surface area contributed by atoms with Crippen molar-refractivity contribution in [3.63, 3.8) is 0 Å². The molecule has 1 unspecified atom stereocenters. The molecule has 5 N–H and O–H groups in total. The van der Waals surface area contributed by atoms with Crippen LogP contribution in [0.4, 0.5) is 11.5 Å². The molecule has 2 rings (SSSR count). The van der Waals surface area contributed by atoms with Gasteiger partial charge in [0.25, 0.3) is 5.91 Å². The fraction of sp³-hybridized carbons (Fsp3) is 0.200. The smallest absolute Gasteiger partial charge is 0.252 e. The summed E-state index contributed by atoms with van der Waals surface area (Å²) in [7, 11) is 0. The number of aromatic nitrogens is 1. The standard InChI is InChI=1S/C15H18N4O/c1-10(11-5-3-2-4-6-11)8-18-15-13(14(17)20)7-12(16)9-19-15/h2-7,9-10H,8,16H2,1H3,(H2,17,20)(H,18,19). The van der Waals surface area contributed by atoms with Crippen LogP contribution in [-0.2, 0) is 0 Å². The topological polar surface area (TPSA) is 94.0 Å². The molecule has 1 amide bonds. The zero-order valence-corrected chi connectivity index (χ0v) is 11.3. The van der Waals surface area contributed by atoms with E-state index in [1.165, 1.54) is 17.8 Å². The highest BCUT2D eigenvalue weighted by molar-refractivity contribution is 5.98. The minimum Gasteiger partial charge on any atom is -0.397 e. The first-order chi connectivity index (χ1) is 9.58. The Morgan fingerprint density at radius 2 is 2.05 bits per heavy atom. The van der Waals surface area contributed by atoms with E-state index in [-0.39, 0.29) is 5.92 Å². The molecule has 1 aromatic carbocycles. The van der Waals surface area contributed by atoms with Crippen molar-refractivity contribution in [2.24, 2.45) is 5.73 Å². The van der Waals surface area contributed by atoms with Gasteiger partial charge in [0.05, 0.1) is 17.4 Å². The van der Waals surface area contributed by atoms with Gasteiger partial charge in [-0.25, -0.2) is 4.98 Å². The molecule has 0 aliphatic rings. The van der Waals surface area contributed by atoms with Gasteiger partial charge >= 0.3 is 0 Å². The minimum absolute atomic E-state index is 0.288. The van der Waals surface area contributed by atoms with Crippen LogP contribution in [0.15, 0.2) is 42.6 Å². The highest BCUT2D eigenvalue weighted by Gasteiger charge is 2.11. The summed E-state index contributed by atoms with van der Waals surface area (Å²) in [6.07, 6.45) is 1.50. The lowest BCUT2D eigenvalue weighted by molar-refractivity contribution is 0.100. The first-order valence-electron chi connectivity index (χ1n) is 6.42. The second kappa shape index (κ2) is 6.06. The van der Waals surface area contributed by atoms with Gasteiger partial charge in [0, 0.05) is 6.54 Å². The molecule has 1 heterocycles. The summed E-state index contributed by atoms with van der Waals surface area (Å²) in [6.45, 7) is 2.75. The van der Waals surface area contributed by atoms with Gasteiger partial charge in [0.15, 0.2) is 0 Å². The van der Waals surface area contributed by atoms with Crippen LogP contribution in [0, 0.1) is 0 Å². The molecule has 0 bridgehead atoms. The van der Waals surface area contributed by atoms with Crippen molar-refractivity contribution in [2.45, 2.75) is 12.8 Å².